The Morgan fingerprint density at radius 1 is 0.597 bits per heavy atom. The summed E-state index contributed by atoms with van der Waals surface area (Å²) in [5, 5.41) is 86.4. The van der Waals surface area contributed by atoms with Gasteiger partial charge in [-0.05, 0) is 57.8 Å². The Labute approximate surface area is 371 Å². The molecule has 358 valence electrons. The molecule has 0 aromatic carbocycles. The fourth-order valence-electron chi connectivity index (χ4n) is 7.38. The highest BCUT2D eigenvalue weighted by Crippen LogP contribution is 2.30. The van der Waals surface area contributed by atoms with Crippen molar-refractivity contribution in [1.29, 1.82) is 0 Å². The summed E-state index contributed by atoms with van der Waals surface area (Å²) in [5.41, 5.74) is 0. The summed E-state index contributed by atoms with van der Waals surface area (Å²) in [6.45, 7) is 2.63. The summed E-state index contributed by atoms with van der Waals surface area (Å²) in [6.07, 6.45) is 24.0. The van der Waals surface area contributed by atoms with Gasteiger partial charge in [0.15, 0.2) is 12.6 Å². The number of unbranched alkanes of at least 4 members (excludes halogenated alkanes) is 11. The van der Waals surface area contributed by atoms with Crippen LogP contribution in [-0.2, 0) is 23.7 Å². The summed E-state index contributed by atoms with van der Waals surface area (Å²) in [5.74, 6) is -0.234. The lowest BCUT2D eigenvalue weighted by Gasteiger charge is -2.46. The van der Waals surface area contributed by atoms with Crippen molar-refractivity contribution in [1.82, 2.24) is 5.32 Å². The van der Waals surface area contributed by atoms with Crippen LogP contribution in [0.3, 0.4) is 0 Å². The second-order valence-corrected chi connectivity index (χ2v) is 16.5. The van der Waals surface area contributed by atoms with E-state index >= 15 is 0 Å². The number of ether oxygens (including phenoxy) is 4. The molecule has 2 aliphatic heterocycles. The maximum absolute atomic E-state index is 13.1. The molecule has 2 saturated heterocycles. The predicted molar refractivity (Wildman–Crippen MR) is 240 cm³/mol. The van der Waals surface area contributed by atoms with Crippen molar-refractivity contribution in [2.45, 2.75) is 216 Å². The van der Waals surface area contributed by atoms with Crippen LogP contribution in [0.4, 0.5) is 0 Å². The minimum atomic E-state index is -1.78. The molecule has 2 rings (SSSR count). The van der Waals surface area contributed by atoms with Gasteiger partial charge in [-0.15, -0.1) is 0 Å². The predicted octanol–water partition coefficient (Wildman–Crippen LogP) is 5.10. The molecule has 1 amide bonds. The second-order valence-electron chi connectivity index (χ2n) is 16.5. The average molecular weight is 882 g/mol. The number of rotatable bonds is 34. The maximum Gasteiger partial charge on any atom is 0.220 e. The van der Waals surface area contributed by atoms with E-state index in [9.17, 15) is 45.6 Å². The number of amides is 1. The zero-order chi connectivity index (χ0) is 45.4. The van der Waals surface area contributed by atoms with Gasteiger partial charge in [-0.25, -0.2) is 0 Å². The first kappa shape index (κ1) is 55.8. The van der Waals surface area contributed by atoms with E-state index in [0.717, 1.165) is 96.3 Å². The van der Waals surface area contributed by atoms with Crippen LogP contribution in [0, 0.1) is 0 Å². The molecule has 0 spiro atoms. The van der Waals surface area contributed by atoms with Gasteiger partial charge in [-0.3, -0.25) is 4.79 Å². The molecule has 9 N–H and O–H groups in total. The molecular formula is C48H83NO13. The Bertz CT molecular complexity index is 1270. The number of hydrogen-bond acceptors (Lipinski definition) is 13. The number of nitrogens with one attached hydrogen (secondary N) is 1. The maximum atomic E-state index is 13.1. The van der Waals surface area contributed by atoms with Gasteiger partial charge >= 0.3 is 0 Å². The minimum Gasteiger partial charge on any atom is -0.394 e. The molecule has 0 aliphatic carbocycles. The van der Waals surface area contributed by atoms with Crippen molar-refractivity contribution in [3.05, 3.63) is 60.8 Å². The van der Waals surface area contributed by atoms with Crippen LogP contribution >= 0.6 is 0 Å². The van der Waals surface area contributed by atoms with E-state index in [0.29, 0.717) is 12.8 Å². The molecule has 0 aromatic heterocycles. The van der Waals surface area contributed by atoms with Gasteiger partial charge in [0, 0.05) is 6.42 Å². The Morgan fingerprint density at radius 2 is 1.11 bits per heavy atom. The quantitative estimate of drug-likeness (QED) is 0.0304. The molecule has 0 saturated carbocycles. The van der Waals surface area contributed by atoms with Gasteiger partial charge in [0.1, 0.15) is 48.8 Å². The summed E-state index contributed by atoms with van der Waals surface area (Å²) in [7, 11) is 0. The molecule has 12 atom stereocenters. The van der Waals surface area contributed by atoms with Crippen LogP contribution in [0.5, 0.6) is 0 Å². The number of hydrogen-bond donors (Lipinski definition) is 9. The third-order valence-corrected chi connectivity index (χ3v) is 11.2. The van der Waals surface area contributed by atoms with Crippen molar-refractivity contribution in [3.63, 3.8) is 0 Å². The van der Waals surface area contributed by atoms with Crippen LogP contribution in [-0.4, -0.2) is 140 Å². The zero-order valence-corrected chi connectivity index (χ0v) is 37.6. The van der Waals surface area contributed by atoms with Crippen LogP contribution in [0.2, 0.25) is 0 Å². The highest BCUT2D eigenvalue weighted by atomic mass is 16.7. The molecule has 12 unspecified atom stereocenters. The third kappa shape index (κ3) is 22.5. The van der Waals surface area contributed by atoms with Crippen molar-refractivity contribution in [3.8, 4) is 0 Å². The van der Waals surface area contributed by atoms with E-state index in [2.05, 4.69) is 79.9 Å². The average Bonchev–Trinajstić information content (AvgIpc) is 3.27. The van der Waals surface area contributed by atoms with Gasteiger partial charge < -0.3 is 65.1 Å². The zero-order valence-electron chi connectivity index (χ0n) is 37.6. The largest absolute Gasteiger partial charge is 0.394 e. The van der Waals surface area contributed by atoms with E-state index in [1.165, 1.54) is 12.8 Å². The summed E-state index contributed by atoms with van der Waals surface area (Å²) in [4.78, 5) is 13.1. The summed E-state index contributed by atoms with van der Waals surface area (Å²) >= 11 is 0. The van der Waals surface area contributed by atoms with E-state index in [4.69, 9.17) is 18.9 Å². The Balaban J connectivity index is 1.79. The first-order valence-electron chi connectivity index (χ1n) is 23.5. The molecule has 2 aliphatic rings. The Morgan fingerprint density at radius 3 is 1.71 bits per heavy atom. The van der Waals surface area contributed by atoms with Gasteiger partial charge in [0.2, 0.25) is 5.91 Å². The van der Waals surface area contributed by atoms with E-state index in [-0.39, 0.29) is 18.9 Å². The normalized spacial score (nSPS) is 28.3. The molecule has 62 heavy (non-hydrogen) atoms. The molecule has 2 fully saturated rings. The lowest BCUT2D eigenvalue weighted by Crippen LogP contribution is -2.65. The number of aliphatic hydroxyl groups excluding tert-OH is 8. The smallest absolute Gasteiger partial charge is 0.220 e. The topological polar surface area (TPSA) is 228 Å². The fraction of sp³-hybridized carbons (Fsp3) is 0.771. The van der Waals surface area contributed by atoms with E-state index in [1.54, 1.807) is 0 Å². The van der Waals surface area contributed by atoms with Crippen molar-refractivity contribution < 1.29 is 64.6 Å². The van der Waals surface area contributed by atoms with Crippen molar-refractivity contribution in [2.24, 2.45) is 0 Å². The number of carbonyl (C=O) groups is 1. The first-order chi connectivity index (χ1) is 30.1. The highest BCUT2D eigenvalue weighted by Gasteiger charge is 2.51. The van der Waals surface area contributed by atoms with Gasteiger partial charge in [-0.1, -0.05) is 139 Å². The Kier molecular flexibility index (Phi) is 31.5. The van der Waals surface area contributed by atoms with E-state index < -0.39 is 86.8 Å². The lowest BCUT2D eigenvalue weighted by atomic mass is 9.97. The van der Waals surface area contributed by atoms with Crippen molar-refractivity contribution in [2.75, 3.05) is 19.8 Å². The summed E-state index contributed by atoms with van der Waals surface area (Å²) in [6, 6.07) is -0.838. The number of aliphatic hydroxyl groups is 8. The fourth-order valence-corrected chi connectivity index (χ4v) is 7.38. The molecule has 0 bridgehead atoms. The van der Waals surface area contributed by atoms with E-state index in [1.807, 2.05) is 0 Å². The minimum absolute atomic E-state index is 0.234. The standard InChI is InChI=1S/C48H83NO13/c1-3-5-7-9-11-12-13-14-15-16-17-18-19-20-21-22-23-24-26-28-30-32-40(53)49-36(37(52)31-29-27-25-10-8-6-4-2)35-59-47-45(58)43(56)46(39(34-51)61-47)62-48-44(57)42(55)41(54)38(33-50)60-48/h5,7,11-12,14-15,17-18,20-21,36-39,41-48,50-52,54-58H,3-4,6,8-10,13,16,19,22-35H2,1-2H3,(H,49,53)/b7-5-,12-11-,15-14-,18-17-,21-20-. The molecule has 0 radical (unpaired) electrons. The molecular weight excluding hydrogens is 799 g/mol. The highest BCUT2D eigenvalue weighted by molar-refractivity contribution is 5.76. The second kappa shape index (κ2) is 35.0. The van der Waals surface area contributed by atoms with Gasteiger partial charge in [0.25, 0.3) is 0 Å². The van der Waals surface area contributed by atoms with Crippen molar-refractivity contribution >= 4 is 5.91 Å². The SMILES string of the molecule is CC/C=C\C/C=C\C/C=C\C/C=C\C/C=C\CCCCCCCC(=O)NC(COC1OC(CO)C(OC2OC(CO)C(O)C(O)C2O)C(O)C1O)C(O)CCCCCCCCC. The molecule has 14 heteroatoms. The molecule has 2 heterocycles. The summed E-state index contributed by atoms with van der Waals surface area (Å²) < 4.78 is 22.6. The van der Waals surface area contributed by atoms with Crippen LogP contribution in [0.25, 0.3) is 0 Å². The first-order valence-corrected chi connectivity index (χ1v) is 23.5. The molecule has 14 nitrogen and oxygen atoms in total. The monoisotopic (exact) mass is 882 g/mol. The van der Waals surface area contributed by atoms with Crippen LogP contribution in [0.15, 0.2) is 60.8 Å². The molecule has 0 aromatic rings. The number of allylic oxidation sites excluding steroid dienone is 10. The Hall–Kier alpha value is -2.31. The van der Waals surface area contributed by atoms with Crippen LogP contribution in [0.1, 0.15) is 142 Å². The van der Waals surface area contributed by atoms with Crippen LogP contribution < -0.4 is 5.32 Å². The van der Waals surface area contributed by atoms with Gasteiger partial charge in [0.05, 0.1) is 32.0 Å². The van der Waals surface area contributed by atoms with Gasteiger partial charge in [-0.2, -0.15) is 0 Å². The lowest BCUT2D eigenvalue weighted by molar-refractivity contribution is -0.359. The third-order valence-electron chi connectivity index (χ3n) is 11.2. The number of carbonyl (C=O) groups excluding carboxylic acids is 1.